The van der Waals surface area contributed by atoms with Gasteiger partial charge in [-0.2, -0.15) is 0 Å². The third-order valence-corrected chi connectivity index (χ3v) is 12.3. The van der Waals surface area contributed by atoms with Gasteiger partial charge in [0, 0.05) is 27.6 Å². The first-order valence-corrected chi connectivity index (χ1v) is 19.7. The minimum Gasteiger partial charge on any atom is -0.456 e. The Kier molecular flexibility index (Phi) is 6.88. The minimum absolute atomic E-state index is 0.580. The van der Waals surface area contributed by atoms with E-state index in [-0.39, 0.29) is 0 Å². The number of benzene rings is 9. The molecule has 12 rings (SSSR count). The van der Waals surface area contributed by atoms with Gasteiger partial charge in [-0.3, -0.25) is 0 Å². The van der Waals surface area contributed by atoms with Crippen LogP contribution in [0.1, 0.15) is 22.3 Å². The van der Waals surface area contributed by atoms with Crippen molar-refractivity contribution >= 4 is 39.0 Å². The summed E-state index contributed by atoms with van der Waals surface area (Å²) in [6.07, 6.45) is 0. The number of fused-ring (bicyclic) bond motifs is 15. The molecule has 0 N–H and O–H groups in total. The van der Waals surface area contributed by atoms with Crippen LogP contribution < -0.4 is 4.90 Å². The van der Waals surface area contributed by atoms with Crippen molar-refractivity contribution in [3.05, 3.63) is 235 Å². The molecule has 57 heavy (non-hydrogen) atoms. The van der Waals surface area contributed by atoms with E-state index in [0.717, 1.165) is 44.6 Å². The molecule has 2 nitrogen and oxygen atoms in total. The van der Waals surface area contributed by atoms with Crippen molar-refractivity contribution in [3.8, 4) is 44.5 Å². The summed E-state index contributed by atoms with van der Waals surface area (Å²) in [5, 5.41) is 2.21. The van der Waals surface area contributed by atoms with Crippen LogP contribution >= 0.6 is 0 Å². The first-order chi connectivity index (χ1) is 28.3. The van der Waals surface area contributed by atoms with Crippen molar-refractivity contribution in [2.45, 2.75) is 5.41 Å². The highest BCUT2D eigenvalue weighted by Crippen LogP contribution is 2.63. The smallest absolute Gasteiger partial charge is 0.135 e. The highest BCUT2D eigenvalue weighted by atomic mass is 16.3. The molecule has 1 heterocycles. The molecule has 0 aliphatic heterocycles. The number of hydrogen-bond donors (Lipinski definition) is 0. The van der Waals surface area contributed by atoms with Gasteiger partial charge in [0.1, 0.15) is 11.2 Å². The normalized spacial score (nSPS) is 13.1. The van der Waals surface area contributed by atoms with Crippen LogP contribution in [0.5, 0.6) is 0 Å². The van der Waals surface area contributed by atoms with E-state index in [0.29, 0.717) is 0 Å². The van der Waals surface area contributed by atoms with Gasteiger partial charge in [0.25, 0.3) is 0 Å². The summed E-state index contributed by atoms with van der Waals surface area (Å²) in [4.78, 5) is 2.49. The molecule has 0 radical (unpaired) electrons. The van der Waals surface area contributed by atoms with Gasteiger partial charge in [-0.15, -0.1) is 0 Å². The van der Waals surface area contributed by atoms with Crippen molar-refractivity contribution in [3.63, 3.8) is 0 Å². The van der Waals surface area contributed by atoms with E-state index < -0.39 is 5.41 Å². The zero-order valence-corrected chi connectivity index (χ0v) is 31.1. The summed E-state index contributed by atoms with van der Waals surface area (Å²) in [6.45, 7) is 0. The molecule has 2 aliphatic carbocycles. The largest absolute Gasteiger partial charge is 0.456 e. The maximum absolute atomic E-state index is 6.37. The molecule has 266 valence electrons. The molecule has 10 aromatic rings. The molecule has 0 fully saturated rings. The molecule has 0 bridgehead atoms. The Morgan fingerprint density at radius 3 is 1.56 bits per heavy atom. The standard InChI is InChI=1S/C55H35NO/c1-2-17-36(18-3-1)38-19-9-14-30-50(38)56(37-33-34-53-45(35-37)43-24-10-15-32-52(43)57-53)51-31-16-29-49-54(51)44-25-8-13-28-48(44)55(49)46-26-11-6-22-41(46)39-20-4-5-21-40(39)42-23-7-12-27-47(42)55/h1-35H. The van der Waals surface area contributed by atoms with Crippen LogP contribution in [0.3, 0.4) is 0 Å². The van der Waals surface area contributed by atoms with E-state index in [1.165, 1.54) is 61.2 Å². The summed E-state index contributed by atoms with van der Waals surface area (Å²) in [5.74, 6) is 0. The van der Waals surface area contributed by atoms with Crippen molar-refractivity contribution < 1.29 is 4.42 Å². The monoisotopic (exact) mass is 725 g/mol. The van der Waals surface area contributed by atoms with Crippen LogP contribution in [0.4, 0.5) is 17.1 Å². The number of nitrogens with zero attached hydrogens (tertiary/aromatic N) is 1. The summed E-state index contributed by atoms with van der Waals surface area (Å²) in [5.41, 5.74) is 19.5. The average molecular weight is 726 g/mol. The lowest BCUT2D eigenvalue weighted by molar-refractivity contribution is 0.669. The van der Waals surface area contributed by atoms with E-state index in [4.69, 9.17) is 4.42 Å². The van der Waals surface area contributed by atoms with Crippen LogP contribution in [0, 0.1) is 0 Å². The molecule has 2 heteroatoms. The number of anilines is 3. The Morgan fingerprint density at radius 1 is 0.333 bits per heavy atom. The average Bonchev–Trinajstić information content (AvgIpc) is 3.77. The molecule has 1 spiro atoms. The Labute approximate surface area is 331 Å². The van der Waals surface area contributed by atoms with Crippen molar-refractivity contribution in [2.24, 2.45) is 0 Å². The lowest BCUT2D eigenvalue weighted by atomic mass is 9.66. The summed E-state index contributed by atoms with van der Waals surface area (Å²) in [6, 6.07) is 77.8. The van der Waals surface area contributed by atoms with E-state index >= 15 is 0 Å². The third-order valence-electron chi connectivity index (χ3n) is 12.3. The van der Waals surface area contributed by atoms with Crippen LogP contribution in [-0.4, -0.2) is 0 Å². The fraction of sp³-hybridized carbons (Fsp3) is 0.0182. The van der Waals surface area contributed by atoms with Gasteiger partial charge in [-0.1, -0.05) is 176 Å². The van der Waals surface area contributed by atoms with Gasteiger partial charge in [0.2, 0.25) is 0 Å². The molecule has 0 atom stereocenters. The Bertz CT molecular complexity index is 3140. The second-order valence-electron chi connectivity index (χ2n) is 15.1. The zero-order valence-electron chi connectivity index (χ0n) is 31.1. The highest BCUT2D eigenvalue weighted by molar-refractivity contribution is 6.08. The number of rotatable bonds is 4. The fourth-order valence-corrected chi connectivity index (χ4v) is 10.1. The molecule has 0 unspecified atom stereocenters. The van der Waals surface area contributed by atoms with Gasteiger partial charge in [0.05, 0.1) is 16.8 Å². The van der Waals surface area contributed by atoms with Crippen LogP contribution in [0.25, 0.3) is 66.4 Å². The van der Waals surface area contributed by atoms with Gasteiger partial charge in [0.15, 0.2) is 0 Å². The fourth-order valence-electron chi connectivity index (χ4n) is 10.1. The Balaban J connectivity index is 1.21. The lowest BCUT2D eigenvalue weighted by Crippen LogP contribution is -2.29. The maximum Gasteiger partial charge on any atom is 0.135 e. The van der Waals surface area contributed by atoms with Gasteiger partial charge in [-0.05, 0) is 92.0 Å². The molecule has 0 amide bonds. The number of hydrogen-bond acceptors (Lipinski definition) is 2. The number of para-hydroxylation sites is 2. The van der Waals surface area contributed by atoms with E-state index in [1.807, 2.05) is 6.07 Å². The Hall–Kier alpha value is -7.42. The number of furan rings is 1. The quantitative estimate of drug-likeness (QED) is 0.180. The SMILES string of the molecule is c1ccc(-c2ccccc2N(c2ccc3oc4ccccc4c3c2)c2cccc3c2-c2ccccc2C32c3ccccc3-c3ccccc3-c3ccccc32)cc1. The molecule has 0 saturated heterocycles. The Morgan fingerprint density at radius 2 is 0.842 bits per heavy atom. The maximum atomic E-state index is 6.37. The first kappa shape index (κ1) is 31.9. The van der Waals surface area contributed by atoms with Crippen molar-refractivity contribution in [2.75, 3.05) is 4.90 Å². The lowest BCUT2D eigenvalue weighted by Gasteiger charge is -2.36. The molecule has 9 aromatic carbocycles. The summed E-state index contributed by atoms with van der Waals surface area (Å²) < 4.78 is 6.37. The van der Waals surface area contributed by atoms with Crippen LogP contribution in [0.15, 0.2) is 217 Å². The van der Waals surface area contributed by atoms with Crippen molar-refractivity contribution in [1.29, 1.82) is 0 Å². The van der Waals surface area contributed by atoms with E-state index in [9.17, 15) is 0 Å². The predicted octanol–water partition coefficient (Wildman–Crippen LogP) is 14.7. The van der Waals surface area contributed by atoms with Crippen molar-refractivity contribution in [1.82, 2.24) is 0 Å². The summed E-state index contributed by atoms with van der Waals surface area (Å²) in [7, 11) is 0. The summed E-state index contributed by atoms with van der Waals surface area (Å²) >= 11 is 0. The molecular formula is C55H35NO. The second kappa shape index (κ2) is 12.3. The topological polar surface area (TPSA) is 16.4 Å². The van der Waals surface area contributed by atoms with E-state index in [2.05, 4.69) is 211 Å². The second-order valence-corrected chi connectivity index (χ2v) is 15.1. The van der Waals surface area contributed by atoms with Crippen LogP contribution in [-0.2, 0) is 5.41 Å². The van der Waals surface area contributed by atoms with Gasteiger partial charge >= 0.3 is 0 Å². The molecule has 2 aliphatic rings. The third kappa shape index (κ3) is 4.47. The van der Waals surface area contributed by atoms with E-state index in [1.54, 1.807) is 0 Å². The predicted molar refractivity (Wildman–Crippen MR) is 236 cm³/mol. The first-order valence-electron chi connectivity index (χ1n) is 19.7. The molecule has 1 aromatic heterocycles. The minimum atomic E-state index is -0.580. The highest BCUT2D eigenvalue weighted by Gasteiger charge is 2.50. The van der Waals surface area contributed by atoms with Crippen LogP contribution in [0.2, 0.25) is 0 Å². The van der Waals surface area contributed by atoms with Gasteiger partial charge < -0.3 is 9.32 Å². The van der Waals surface area contributed by atoms with Gasteiger partial charge in [-0.25, -0.2) is 0 Å². The molecular weight excluding hydrogens is 691 g/mol. The zero-order chi connectivity index (χ0) is 37.5. The molecule has 0 saturated carbocycles.